The van der Waals surface area contributed by atoms with E-state index in [0.29, 0.717) is 26.2 Å². The Balaban J connectivity index is 0.00000392. The lowest BCUT2D eigenvalue weighted by Gasteiger charge is -2.39. The lowest BCUT2D eigenvalue weighted by Crippen LogP contribution is -2.56. The van der Waals surface area contributed by atoms with Gasteiger partial charge in [-0.2, -0.15) is 13.2 Å². The minimum Gasteiger partial charge on any atom is -0.497 e. The molecule has 1 N–H and O–H groups in total. The Morgan fingerprint density at radius 2 is 1.93 bits per heavy atom. The van der Waals surface area contributed by atoms with E-state index >= 15 is 0 Å². The number of alkyl halides is 3. The Hall–Kier alpha value is -1.23. The summed E-state index contributed by atoms with van der Waals surface area (Å²) < 4.78 is 43.8. The molecule has 1 aromatic rings. The van der Waals surface area contributed by atoms with Crippen LogP contribution in [0.1, 0.15) is 18.9 Å². The highest BCUT2D eigenvalue weighted by atomic mass is 127. The molecule has 1 atom stereocenters. The predicted molar refractivity (Wildman–Crippen MR) is 117 cm³/mol. The molecule has 28 heavy (non-hydrogen) atoms. The van der Waals surface area contributed by atoms with Crippen LogP contribution in [0.5, 0.6) is 5.75 Å². The number of rotatable bonds is 6. The maximum absolute atomic E-state index is 12.8. The number of aliphatic imine (C=N–C) groups is 1. The van der Waals surface area contributed by atoms with E-state index < -0.39 is 12.2 Å². The third kappa shape index (κ3) is 7.31. The molecule has 1 aromatic carbocycles. The van der Waals surface area contributed by atoms with Crippen molar-refractivity contribution in [1.82, 2.24) is 15.1 Å². The number of hydrogen-bond acceptors (Lipinski definition) is 3. The van der Waals surface area contributed by atoms with E-state index in [-0.39, 0.29) is 24.0 Å². The van der Waals surface area contributed by atoms with Crippen molar-refractivity contribution in [2.24, 2.45) is 4.99 Å². The van der Waals surface area contributed by atoms with Gasteiger partial charge in [0, 0.05) is 39.8 Å². The van der Waals surface area contributed by atoms with Gasteiger partial charge in [-0.05, 0) is 37.5 Å². The average molecular weight is 514 g/mol. The van der Waals surface area contributed by atoms with Gasteiger partial charge >= 0.3 is 6.18 Å². The monoisotopic (exact) mass is 514 g/mol. The van der Waals surface area contributed by atoms with Crippen LogP contribution in [-0.2, 0) is 6.42 Å². The molecular formula is C19H30F3IN4O. The number of piperazine rings is 1. The van der Waals surface area contributed by atoms with Crippen molar-refractivity contribution in [3.8, 4) is 5.75 Å². The van der Waals surface area contributed by atoms with Crippen LogP contribution in [0.4, 0.5) is 13.2 Å². The normalized spacial score (nSPS) is 17.1. The maximum atomic E-state index is 12.8. The van der Waals surface area contributed by atoms with Gasteiger partial charge in [-0.1, -0.05) is 12.1 Å². The molecule has 9 heteroatoms. The van der Waals surface area contributed by atoms with E-state index in [1.807, 2.05) is 23.1 Å². The fourth-order valence-corrected chi connectivity index (χ4v) is 3.18. The number of guanidine groups is 1. The molecular weight excluding hydrogens is 484 g/mol. The molecule has 5 nitrogen and oxygen atoms in total. The Labute approximate surface area is 182 Å². The summed E-state index contributed by atoms with van der Waals surface area (Å²) in [4.78, 5) is 7.77. The first kappa shape index (κ1) is 24.8. The molecule has 0 spiro atoms. The summed E-state index contributed by atoms with van der Waals surface area (Å²) in [6, 6.07) is 6.58. The second-order valence-corrected chi connectivity index (χ2v) is 6.67. The van der Waals surface area contributed by atoms with E-state index in [1.54, 1.807) is 14.2 Å². The Kier molecular flexibility index (Phi) is 10.4. The smallest absolute Gasteiger partial charge is 0.403 e. The molecule has 0 amide bonds. The maximum Gasteiger partial charge on any atom is 0.403 e. The van der Waals surface area contributed by atoms with E-state index in [0.717, 1.165) is 31.1 Å². The largest absolute Gasteiger partial charge is 0.497 e. The molecule has 0 saturated carbocycles. The number of methoxy groups -OCH3 is 1. The number of halogens is 4. The molecule has 2 rings (SSSR count). The molecule has 1 aliphatic heterocycles. The van der Waals surface area contributed by atoms with E-state index in [1.165, 1.54) is 17.4 Å². The molecule has 0 bridgehead atoms. The van der Waals surface area contributed by atoms with Crippen LogP contribution in [0.25, 0.3) is 0 Å². The standard InChI is InChI=1S/C19H29F3N4O.HI/c1-15(19(20,21)22)25-10-12-26(13-11-25)18(23-2)24-9-5-7-16-6-4-8-17(14-16)27-3;/h4,6,8,14-15H,5,7,9-13H2,1-3H3,(H,23,24);1H. The molecule has 1 aliphatic rings. The Morgan fingerprint density at radius 3 is 2.50 bits per heavy atom. The summed E-state index contributed by atoms with van der Waals surface area (Å²) in [7, 11) is 3.36. The third-order valence-electron chi connectivity index (χ3n) is 4.91. The minimum absolute atomic E-state index is 0. The van der Waals surface area contributed by atoms with E-state index in [4.69, 9.17) is 4.74 Å². The summed E-state index contributed by atoms with van der Waals surface area (Å²) in [5.74, 6) is 1.60. The van der Waals surface area contributed by atoms with E-state index in [9.17, 15) is 13.2 Å². The molecule has 0 radical (unpaired) electrons. The fourth-order valence-electron chi connectivity index (χ4n) is 3.18. The number of aryl methyl sites for hydroxylation is 1. The van der Waals surface area contributed by atoms with Gasteiger partial charge in [0.2, 0.25) is 0 Å². The van der Waals surface area contributed by atoms with Gasteiger partial charge in [0.25, 0.3) is 0 Å². The topological polar surface area (TPSA) is 40.1 Å². The minimum atomic E-state index is -4.18. The molecule has 0 aromatic heterocycles. The van der Waals surface area contributed by atoms with Crippen molar-refractivity contribution >= 4 is 29.9 Å². The lowest BCUT2D eigenvalue weighted by atomic mass is 10.1. The van der Waals surface area contributed by atoms with Crippen LogP contribution >= 0.6 is 24.0 Å². The van der Waals surface area contributed by atoms with Crippen LogP contribution in [0.2, 0.25) is 0 Å². The molecule has 1 saturated heterocycles. The van der Waals surface area contributed by atoms with Crippen molar-refractivity contribution in [3.05, 3.63) is 29.8 Å². The van der Waals surface area contributed by atoms with Crippen molar-refractivity contribution in [3.63, 3.8) is 0 Å². The van der Waals surface area contributed by atoms with Crippen molar-refractivity contribution in [1.29, 1.82) is 0 Å². The lowest BCUT2D eigenvalue weighted by molar-refractivity contribution is -0.181. The van der Waals surface area contributed by atoms with Gasteiger partial charge in [-0.3, -0.25) is 9.89 Å². The molecule has 1 heterocycles. The van der Waals surface area contributed by atoms with Crippen molar-refractivity contribution in [2.45, 2.75) is 32.0 Å². The number of nitrogens with zero attached hydrogens (tertiary/aromatic N) is 3. The second kappa shape index (κ2) is 11.7. The van der Waals surface area contributed by atoms with Gasteiger partial charge in [-0.25, -0.2) is 0 Å². The highest BCUT2D eigenvalue weighted by Gasteiger charge is 2.41. The Bertz CT molecular complexity index is 619. The van der Waals surface area contributed by atoms with Crippen LogP contribution in [0, 0.1) is 0 Å². The van der Waals surface area contributed by atoms with Crippen LogP contribution in [-0.4, -0.2) is 74.9 Å². The molecule has 1 fully saturated rings. The summed E-state index contributed by atoms with van der Waals surface area (Å²) in [6.45, 7) is 3.81. The van der Waals surface area contributed by atoms with Gasteiger partial charge in [0.05, 0.1) is 7.11 Å². The Morgan fingerprint density at radius 1 is 1.25 bits per heavy atom. The predicted octanol–water partition coefficient (Wildman–Crippen LogP) is 3.39. The van der Waals surface area contributed by atoms with Crippen LogP contribution in [0.15, 0.2) is 29.3 Å². The summed E-state index contributed by atoms with van der Waals surface area (Å²) in [6.07, 6.45) is -2.34. The quantitative estimate of drug-likeness (QED) is 0.274. The van der Waals surface area contributed by atoms with Gasteiger partial charge in [0.1, 0.15) is 11.8 Å². The van der Waals surface area contributed by atoms with Gasteiger partial charge < -0.3 is 15.0 Å². The van der Waals surface area contributed by atoms with Gasteiger partial charge in [-0.15, -0.1) is 24.0 Å². The fraction of sp³-hybridized carbons (Fsp3) is 0.632. The summed E-state index contributed by atoms with van der Waals surface area (Å²) >= 11 is 0. The van der Waals surface area contributed by atoms with Crippen molar-refractivity contribution in [2.75, 3.05) is 46.9 Å². The molecule has 0 aliphatic carbocycles. The van der Waals surface area contributed by atoms with Gasteiger partial charge in [0.15, 0.2) is 5.96 Å². The number of ether oxygens (including phenoxy) is 1. The summed E-state index contributed by atoms with van der Waals surface area (Å²) in [5, 5.41) is 3.32. The number of nitrogens with one attached hydrogen (secondary N) is 1. The number of hydrogen-bond donors (Lipinski definition) is 1. The molecule has 160 valence electrons. The first-order valence-electron chi connectivity index (χ1n) is 9.24. The van der Waals surface area contributed by atoms with Crippen molar-refractivity contribution < 1.29 is 17.9 Å². The second-order valence-electron chi connectivity index (χ2n) is 6.67. The number of benzene rings is 1. The van der Waals surface area contributed by atoms with Crippen LogP contribution < -0.4 is 10.1 Å². The van der Waals surface area contributed by atoms with Crippen LogP contribution in [0.3, 0.4) is 0 Å². The van der Waals surface area contributed by atoms with E-state index in [2.05, 4.69) is 16.4 Å². The summed E-state index contributed by atoms with van der Waals surface area (Å²) in [5.41, 5.74) is 1.21. The highest BCUT2D eigenvalue weighted by molar-refractivity contribution is 14.0. The zero-order chi connectivity index (χ0) is 19.9. The average Bonchev–Trinajstić information content (AvgIpc) is 2.67. The molecule has 1 unspecified atom stereocenters. The third-order valence-corrected chi connectivity index (χ3v) is 4.91. The highest BCUT2D eigenvalue weighted by Crippen LogP contribution is 2.25. The first-order valence-corrected chi connectivity index (χ1v) is 9.24. The SMILES string of the molecule is CN=C(NCCCc1cccc(OC)c1)N1CCN(C(C)C(F)(F)F)CC1.I. The zero-order valence-electron chi connectivity index (χ0n) is 16.6. The first-order chi connectivity index (χ1) is 12.8. The zero-order valence-corrected chi connectivity index (χ0v) is 19.0.